The molecule has 10 heavy (non-hydrogen) atoms. The summed E-state index contributed by atoms with van der Waals surface area (Å²) in [7, 11) is 0. The fourth-order valence-electron chi connectivity index (χ4n) is 0.665. The van der Waals surface area contributed by atoms with Crippen molar-refractivity contribution >= 4 is 5.94 Å². The third-order valence-electron chi connectivity index (χ3n) is 1.12. The first-order valence-electron chi connectivity index (χ1n) is 3.03. The lowest BCUT2D eigenvalue weighted by atomic mass is 10.3. The molecule has 2 heteroatoms. The second-order valence-electron chi connectivity index (χ2n) is 1.85. The molecular weight excluding hydrogens is 126 g/mol. The highest BCUT2D eigenvalue weighted by Gasteiger charge is 1.85. The first-order chi connectivity index (χ1) is 4.93. The minimum Gasteiger partial charge on any atom is -0.261 e. The van der Waals surface area contributed by atoms with E-state index in [1.54, 1.807) is 12.1 Å². The van der Waals surface area contributed by atoms with Crippen LogP contribution in [-0.2, 0) is 11.2 Å². The highest BCUT2D eigenvalue weighted by atomic mass is 16.1. The quantitative estimate of drug-likeness (QED) is 0.563. The molecule has 0 amide bonds. The summed E-state index contributed by atoms with van der Waals surface area (Å²) >= 11 is 0. The van der Waals surface area contributed by atoms with Crippen molar-refractivity contribution < 1.29 is 4.79 Å². The van der Waals surface area contributed by atoms with Gasteiger partial charge in [0.1, 0.15) is 5.94 Å². The van der Waals surface area contributed by atoms with Gasteiger partial charge in [0.05, 0.1) is 0 Å². The molecule has 0 saturated carbocycles. The zero-order valence-corrected chi connectivity index (χ0v) is 5.45. The predicted octanol–water partition coefficient (Wildman–Crippen LogP) is 1.01. The number of aromatic nitrogens is 1. The first-order valence-corrected chi connectivity index (χ1v) is 3.03. The largest absolute Gasteiger partial charge is 0.261 e. The molecule has 0 aliphatic carbocycles. The summed E-state index contributed by atoms with van der Waals surface area (Å²) in [6.45, 7) is 0. The van der Waals surface area contributed by atoms with Crippen molar-refractivity contribution in [3.63, 3.8) is 0 Å². The molecule has 1 aromatic rings. The van der Waals surface area contributed by atoms with Crippen LogP contribution in [0.1, 0.15) is 5.69 Å². The van der Waals surface area contributed by atoms with Crippen molar-refractivity contribution in [1.82, 2.24) is 4.98 Å². The number of hydrogen-bond acceptors (Lipinski definition) is 2. The Morgan fingerprint density at radius 1 is 1.60 bits per heavy atom. The van der Waals surface area contributed by atoms with Crippen molar-refractivity contribution in [2.24, 2.45) is 0 Å². The fourth-order valence-corrected chi connectivity index (χ4v) is 0.665. The van der Waals surface area contributed by atoms with Gasteiger partial charge in [-0.15, -0.1) is 0 Å². The highest BCUT2D eigenvalue weighted by Crippen LogP contribution is 1.93. The number of nitrogens with zero attached hydrogens (tertiary/aromatic N) is 1. The van der Waals surface area contributed by atoms with Crippen molar-refractivity contribution in [3.8, 4) is 0 Å². The Labute approximate surface area is 59.2 Å². The zero-order valence-electron chi connectivity index (χ0n) is 5.45. The van der Waals surface area contributed by atoms with Gasteiger partial charge in [0, 0.05) is 24.4 Å². The summed E-state index contributed by atoms with van der Waals surface area (Å²) in [6, 6.07) is 5.60. The van der Waals surface area contributed by atoms with Crippen LogP contribution in [0.2, 0.25) is 0 Å². The van der Waals surface area contributed by atoms with Crippen LogP contribution in [0.25, 0.3) is 0 Å². The van der Waals surface area contributed by atoms with Crippen LogP contribution in [-0.4, -0.2) is 10.9 Å². The summed E-state index contributed by atoms with van der Waals surface area (Å²) in [5.41, 5.74) is 0.894. The molecule has 0 bridgehead atoms. The van der Waals surface area contributed by atoms with Crippen LogP contribution in [0.5, 0.6) is 0 Å². The van der Waals surface area contributed by atoms with Gasteiger partial charge in [0.2, 0.25) is 0 Å². The van der Waals surface area contributed by atoms with Crippen LogP contribution in [0.3, 0.4) is 0 Å². The third-order valence-corrected chi connectivity index (χ3v) is 1.12. The van der Waals surface area contributed by atoms with Crippen molar-refractivity contribution in [2.45, 2.75) is 6.42 Å². The van der Waals surface area contributed by atoms with Crippen molar-refractivity contribution in [3.05, 3.63) is 36.2 Å². The number of allylic oxidation sites excluding steroid dienone is 1. The maximum Gasteiger partial charge on any atom is 0.120 e. The van der Waals surface area contributed by atoms with Gasteiger partial charge < -0.3 is 0 Å². The fraction of sp³-hybridized carbons (Fsp3) is 0.125. The van der Waals surface area contributed by atoms with Crippen LogP contribution in [0.4, 0.5) is 0 Å². The number of pyridine rings is 1. The summed E-state index contributed by atoms with van der Waals surface area (Å²) in [4.78, 5) is 13.8. The Morgan fingerprint density at radius 3 is 3.10 bits per heavy atom. The lowest BCUT2D eigenvalue weighted by molar-refractivity contribution is 0.568. The normalized spacial score (nSPS) is 8.40. The maximum absolute atomic E-state index is 9.77. The number of rotatable bonds is 2. The molecule has 0 aliphatic rings. The molecule has 1 aromatic heterocycles. The smallest absolute Gasteiger partial charge is 0.120 e. The third kappa shape index (κ3) is 1.84. The van der Waals surface area contributed by atoms with Crippen molar-refractivity contribution in [2.75, 3.05) is 0 Å². The van der Waals surface area contributed by atoms with Gasteiger partial charge in [-0.05, 0) is 12.1 Å². The monoisotopic (exact) mass is 133 g/mol. The number of hydrogen-bond donors (Lipinski definition) is 0. The van der Waals surface area contributed by atoms with E-state index in [2.05, 4.69) is 4.98 Å². The Morgan fingerprint density at radius 2 is 2.50 bits per heavy atom. The summed E-state index contributed by atoms with van der Waals surface area (Å²) in [5, 5.41) is 0. The molecule has 0 unspecified atom stereocenters. The van der Waals surface area contributed by atoms with Gasteiger partial charge in [0.15, 0.2) is 0 Å². The molecule has 1 rings (SSSR count). The van der Waals surface area contributed by atoms with E-state index in [1.807, 2.05) is 18.2 Å². The molecule has 2 nitrogen and oxygen atoms in total. The SMILES string of the molecule is O=C=CCc1ccccn1. The molecule has 0 aliphatic heterocycles. The van der Waals surface area contributed by atoms with Crippen LogP contribution in [0, 0.1) is 0 Å². The topological polar surface area (TPSA) is 30.0 Å². The Balaban J connectivity index is 2.67. The predicted molar refractivity (Wildman–Crippen MR) is 38.2 cm³/mol. The lowest BCUT2D eigenvalue weighted by Gasteiger charge is -1.89. The van der Waals surface area contributed by atoms with Crippen LogP contribution < -0.4 is 0 Å². The van der Waals surface area contributed by atoms with E-state index in [1.165, 1.54) is 6.08 Å². The molecule has 0 saturated heterocycles. The summed E-state index contributed by atoms with van der Waals surface area (Å²) < 4.78 is 0. The Kier molecular flexibility index (Phi) is 2.41. The molecule has 0 fully saturated rings. The summed E-state index contributed by atoms with van der Waals surface area (Å²) in [6.07, 6.45) is 3.70. The molecule has 0 aromatic carbocycles. The zero-order chi connectivity index (χ0) is 7.23. The average Bonchev–Trinajstić information content (AvgIpc) is 2.03. The van der Waals surface area contributed by atoms with E-state index in [4.69, 9.17) is 0 Å². The standard InChI is InChI=1S/C8H7NO/c10-7-3-5-8-4-1-2-6-9-8/h1-4,6H,5H2. The minimum atomic E-state index is 0.574. The molecule has 1 heterocycles. The van der Waals surface area contributed by atoms with Gasteiger partial charge in [-0.3, -0.25) is 4.98 Å². The summed E-state index contributed by atoms with van der Waals surface area (Å²) in [5.74, 6) is 1.70. The molecular formula is C8H7NO. The van der Waals surface area contributed by atoms with E-state index < -0.39 is 0 Å². The second kappa shape index (κ2) is 3.59. The minimum absolute atomic E-state index is 0.574. The van der Waals surface area contributed by atoms with Crippen molar-refractivity contribution in [1.29, 1.82) is 0 Å². The maximum atomic E-state index is 9.77. The molecule has 50 valence electrons. The molecule has 0 radical (unpaired) electrons. The highest BCUT2D eigenvalue weighted by molar-refractivity contribution is 5.45. The van der Waals surface area contributed by atoms with Crippen LogP contribution in [0.15, 0.2) is 30.5 Å². The van der Waals surface area contributed by atoms with E-state index in [0.717, 1.165) is 5.69 Å². The lowest BCUT2D eigenvalue weighted by Crippen LogP contribution is -1.83. The second-order valence-corrected chi connectivity index (χ2v) is 1.85. The van der Waals surface area contributed by atoms with E-state index in [-0.39, 0.29) is 0 Å². The molecule has 0 spiro atoms. The van der Waals surface area contributed by atoms with Gasteiger partial charge >= 0.3 is 0 Å². The average molecular weight is 133 g/mol. The Bertz CT molecular complexity index is 237. The van der Waals surface area contributed by atoms with E-state index >= 15 is 0 Å². The molecule has 0 atom stereocenters. The van der Waals surface area contributed by atoms with E-state index in [0.29, 0.717) is 6.42 Å². The number of carbonyl (C=O) groups excluding carboxylic acids is 1. The van der Waals surface area contributed by atoms with E-state index in [9.17, 15) is 4.79 Å². The van der Waals surface area contributed by atoms with Crippen LogP contribution >= 0.6 is 0 Å². The Hall–Kier alpha value is -1.40. The molecule has 0 N–H and O–H groups in total. The van der Waals surface area contributed by atoms with Gasteiger partial charge in [-0.25, -0.2) is 4.79 Å². The first kappa shape index (κ1) is 6.72. The van der Waals surface area contributed by atoms with Gasteiger partial charge in [-0.1, -0.05) is 6.07 Å². The van der Waals surface area contributed by atoms with Gasteiger partial charge in [-0.2, -0.15) is 0 Å². The van der Waals surface area contributed by atoms with Gasteiger partial charge in [0.25, 0.3) is 0 Å².